The average molecular weight is 338 g/mol. The van der Waals surface area contributed by atoms with E-state index in [-0.39, 0.29) is 12.5 Å². The van der Waals surface area contributed by atoms with Crippen LogP contribution in [0.15, 0.2) is 45.5 Å². The summed E-state index contributed by atoms with van der Waals surface area (Å²) in [5.41, 5.74) is 0.205. The Labute approximate surface area is 125 Å². The molecule has 1 atom stereocenters. The van der Waals surface area contributed by atoms with Gasteiger partial charge >= 0.3 is 0 Å². The van der Waals surface area contributed by atoms with Gasteiger partial charge in [-0.05, 0) is 43.7 Å². The Hall–Kier alpha value is -1.59. The van der Waals surface area contributed by atoms with Crippen molar-refractivity contribution in [3.8, 4) is 0 Å². The summed E-state index contributed by atoms with van der Waals surface area (Å²) in [7, 11) is 0. The molecule has 0 radical (unpaired) electrons. The molecular formula is C15H16BrNO3. The van der Waals surface area contributed by atoms with Gasteiger partial charge in [-0.15, -0.1) is 0 Å². The van der Waals surface area contributed by atoms with Crippen molar-refractivity contribution in [2.45, 2.75) is 19.4 Å². The number of carbonyl (C=O) groups is 1. The zero-order chi connectivity index (χ0) is 14.8. The lowest BCUT2D eigenvalue weighted by atomic mass is 10.0. The minimum absolute atomic E-state index is 0.0747. The van der Waals surface area contributed by atoms with E-state index in [1.54, 1.807) is 31.2 Å². The van der Waals surface area contributed by atoms with E-state index in [2.05, 4.69) is 21.2 Å². The van der Waals surface area contributed by atoms with Gasteiger partial charge in [-0.2, -0.15) is 0 Å². The maximum atomic E-state index is 12.2. The third-order valence-corrected chi connectivity index (χ3v) is 4.02. The number of furan rings is 1. The van der Waals surface area contributed by atoms with E-state index < -0.39 is 5.60 Å². The number of hydrogen-bond acceptors (Lipinski definition) is 3. The molecule has 106 valence electrons. The minimum atomic E-state index is -1.24. The molecule has 0 saturated carbocycles. The van der Waals surface area contributed by atoms with Crippen LogP contribution in [0.2, 0.25) is 0 Å². The number of aliphatic hydroxyl groups is 1. The topological polar surface area (TPSA) is 62.5 Å². The Morgan fingerprint density at radius 1 is 1.40 bits per heavy atom. The van der Waals surface area contributed by atoms with Crippen LogP contribution < -0.4 is 5.32 Å². The number of amides is 1. The molecular weight excluding hydrogens is 322 g/mol. The molecule has 5 heteroatoms. The normalized spacial score (nSPS) is 13.8. The number of halogens is 1. The summed E-state index contributed by atoms with van der Waals surface area (Å²) < 4.78 is 6.05. The summed E-state index contributed by atoms with van der Waals surface area (Å²) in [5, 5.41) is 13.0. The molecule has 0 aliphatic rings. The van der Waals surface area contributed by atoms with E-state index in [1.165, 1.54) is 6.26 Å². The molecule has 0 aliphatic heterocycles. The lowest BCUT2D eigenvalue weighted by Crippen LogP contribution is -2.38. The molecule has 4 nitrogen and oxygen atoms in total. The Morgan fingerprint density at radius 3 is 2.80 bits per heavy atom. The number of rotatable bonds is 4. The summed E-state index contributed by atoms with van der Waals surface area (Å²) >= 11 is 3.39. The molecule has 2 rings (SSSR count). The quantitative estimate of drug-likeness (QED) is 0.901. The molecule has 0 fully saturated rings. The second-order valence-corrected chi connectivity index (χ2v) is 5.70. The second-order valence-electron chi connectivity index (χ2n) is 4.85. The zero-order valence-corrected chi connectivity index (χ0v) is 12.9. The molecule has 20 heavy (non-hydrogen) atoms. The van der Waals surface area contributed by atoms with Gasteiger partial charge in [0.05, 0.1) is 12.8 Å². The van der Waals surface area contributed by atoms with Gasteiger partial charge in [0.15, 0.2) is 0 Å². The molecule has 1 aromatic carbocycles. The summed E-state index contributed by atoms with van der Waals surface area (Å²) in [5.74, 6) is 0.194. The van der Waals surface area contributed by atoms with Crippen LogP contribution in [0.5, 0.6) is 0 Å². The monoisotopic (exact) mass is 337 g/mol. The van der Waals surface area contributed by atoms with Crippen molar-refractivity contribution in [3.63, 3.8) is 0 Å². The number of carbonyl (C=O) groups excluding carboxylic acids is 1. The largest absolute Gasteiger partial charge is 0.466 e. The second kappa shape index (κ2) is 5.81. The molecule has 2 N–H and O–H groups in total. The van der Waals surface area contributed by atoms with Crippen molar-refractivity contribution in [2.75, 3.05) is 6.54 Å². The highest BCUT2D eigenvalue weighted by atomic mass is 79.9. The van der Waals surface area contributed by atoms with Crippen LogP contribution in [0.4, 0.5) is 0 Å². The highest BCUT2D eigenvalue weighted by Crippen LogP contribution is 2.21. The SMILES string of the molecule is Cc1c(Br)cccc1C(=O)NCC(C)(O)c1ccco1. The first kappa shape index (κ1) is 14.8. The first-order chi connectivity index (χ1) is 9.42. The first-order valence-corrected chi connectivity index (χ1v) is 7.01. The van der Waals surface area contributed by atoms with Crippen molar-refractivity contribution in [1.82, 2.24) is 5.32 Å². The van der Waals surface area contributed by atoms with Crippen LogP contribution in [-0.2, 0) is 5.60 Å². The van der Waals surface area contributed by atoms with Gasteiger partial charge in [-0.25, -0.2) is 0 Å². The predicted octanol–water partition coefficient (Wildman–Crippen LogP) is 2.99. The molecule has 1 amide bonds. The van der Waals surface area contributed by atoms with Gasteiger partial charge in [0.25, 0.3) is 5.91 Å². The Balaban J connectivity index is 2.08. The molecule has 2 aromatic rings. The van der Waals surface area contributed by atoms with Gasteiger partial charge in [0, 0.05) is 10.0 Å². The lowest BCUT2D eigenvalue weighted by molar-refractivity contribution is 0.0330. The summed E-state index contributed by atoms with van der Waals surface area (Å²) in [6.07, 6.45) is 1.49. The standard InChI is InChI=1S/C15H16BrNO3/c1-10-11(5-3-6-12(10)16)14(18)17-9-15(2,19)13-7-4-8-20-13/h3-8,19H,9H2,1-2H3,(H,17,18). The van der Waals surface area contributed by atoms with Crippen molar-refractivity contribution < 1.29 is 14.3 Å². The first-order valence-electron chi connectivity index (χ1n) is 6.21. The van der Waals surface area contributed by atoms with Crippen molar-refractivity contribution in [1.29, 1.82) is 0 Å². The fourth-order valence-electron chi connectivity index (χ4n) is 1.87. The smallest absolute Gasteiger partial charge is 0.251 e. The van der Waals surface area contributed by atoms with E-state index in [0.29, 0.717) is 11.3 Å². The number of benzene rings is 1. The van der Waals surface area contributed by atoms with Crippen LogP contribution in [0.25, 0.3) is 0 Å². The summed E-state index contributed by atoms with van der Waals surface area (Å²) in [6, 6.07) is 8.80. The van der Waals surface area contributed by atoms with Crippen LogP contribution in [0.3, 0.4) is 0 Å². The Morgan fingerprint density at radius 2 is 2.15 bits per heavy atom. The van der Waals surface area contributed by atoms with Crippen LogP contribution in [-0.4, -0.2) is 17.6 Å². The molecule has 1 heterocycles. The third-order valence-electron chi connectivity index (χ3n) is 3.16. The highest BCUT2D eigenvalue weighted by Gasteiger charge is 2.27. The van der Waals surface area contributed by atoms with Crippen LogP contribution in [0, 0.1) is 6.92 Å². The molecule has 0 bridgehead atoms. The Kier molecular flexibility index (Phi) is 4.30. The van der Waals surface area contributed by atoms with E-state index in [4.69, 9.17) is 4.42 Å². The van der Waals surface area contributed by atoms with Gasteiger partial charge < -0.3 is 14.8 Å². The highest BCUT2D eigenvalue weighted by molar-refractivity contribution is 9.10. The maximum Gasteiger partial charge on any atom is 0.251 e. The number of hydrogen-bond donors (Lipinski definition) is 2. The summed E-state index contributed by atoms with van der Waals surface area (Å²) in [4.78, 5) is 12.2. The van der Waals surface area contributed by atoms with E-state index in [0.717, 1.165) is 10.0 Å². The summed E-state index contributed by atoms with van der Waals surface area (Å²) in [6.45, 7) is 3.54. The van der Waals surface area contributed by atoms with Gasteiger partial charge in [0.2, 0.25) is 0 Å². The maximum absolute atomic E-state index is 12.2. The third kappa shape index (κ3) is 3.11. The van der Waals surface area contributed by atoms with Crippen LogP contribution in [0.1, 0.15) is 28.6 Å². The van der Waals surface area contributed by atoms with Gasteiger partial charge in [-0.1, -0.05) is 22.0 Å². The van der Waals surface area contributed by atoms with E-state index in [9.17, 15) is 9.90 Å². The molecule has 0 saturated heterocycles. The van der Waals surface area contributed by atoms with Crippen molar-refractivity contribution in [2.24, 2.45) is 0 Å². The number of nitrogens with one attached hydrogen (secondary N) is 1. The zero-order valence-electron chi connectivity index (χ0n) is 11.3. The van der Waals surface area contributed by atoms with Crippen LogP contribution >= 0.6 is 15.9 Å². The minimum Gasteiger partial charge on any atom is -0.466 e. The molecule has 0 spiro atoms. The lowest BCUT2D eigenvalue weighted by Gasteiger charge is -2.21. The van der Waals surface area contributed by atoms with E-state index >= 15 is 0 Å². The Bertz CT molecular complexity index is 606. The van der Waals surface area contributed by atoms with Gasteiger partial charge in [-0.3, -0.25) is 4.79 Å². The molecule has 1 unspecified atom stereocenters. The van der Waals surface area contributed by atoms with Gasteiger partial charge in [0.1, 0.15) is 11.4 Å². The fourth-order valence-corrected chi connectivity index (χ4v) is 2.24. The van der Waals surface area contributed by atoms with E-state index in [1.807, 2.05) is 13.0 Å². The fraction of sp³-hybridized carbons (Fsp3) is 0.267. The predicted molar refractivity (Wildman–Crippen MR) is 79.5 cm³/mol. The van der Waals surface area contributed by atoms with Crippen molar-refractivity contribution in [3.05, 3.63) is 58.0 Å². The molecule has 0 aliphatic carbocycles. The average Bonchev–Trinajstić information content (AvgIpc) is 2.94. The van der Waals surface area contributed by atoms with Crippen molar-refractivity contribution >= 4 is 21.8 Å². The molecule has 1 aromatic heterocycles.